The van der Waals surface area contributed by atoms with E-state index in [2.05, 4.69) is 42.4 Å². The van der Waals surface area contributed by atoms with E-state index in [1.807, 2.05) is 53.7 Å². The lowest BCUT2D eigenvalue weighted by atomic mass is 9.78. The minimum absolute atomic E-state index is 0.0264. The predicted molar refractivity (Wildman–Crippen MR) is 124 cm³/mol. The van der Waals surface area contributed by atoms with Crippen LogP contribution in [0.1, 0.15) is 68.6 Å². The zero-order valence-electron chi connectivity index (χ0n) is 17.4. The van der Waals surface area contributed by atoms with Gasteiger partial charge in [0, 0.05) is 16.7 Å². The summed E-state index contributed by atoms with van der Waals surface area (Å²) >= 11 is 6.42. The third-order valence-electron chi connectivity index (χ3n) is 4.41. The van der Waals surface area contributed by atoms with Crippen LogP contribution in [0, 0.1) is 0 Å². The van der Waals surface area contributed by atoms with Gasteiger partial charge in [-0.05, 0) is 72.5 Å². The maximum absolute atomic E-state index is 12.4. The molecule has 156 valence electrons. The molecule has 0 radical (unpaired) electrons. The maximum atomic E-state index is 12.4. The van der Waals surface area contributed by atoms with Crippen molar-refractivity contribution >= 4 is 44.0 Å². The average Bonchev–Trinajstić information content (AvgIpc) is 2.58. The molecule has 0 saturated carbocycles. The monoisotopic (exact) mass is 524 g/mol. The fourth-order valence-corrected chi connectivity index (χ4v) is 3.99. The van der Waals surface area contributed by atoms with Gasteiger partial charge in [0.05, 0.1) is 15.2 Å². The van der Waals surface area contributed by atoms with Crippen LogP contribution >= 0.6 is 31.9 Å². The Morgan fingerprint density at radius 1 is 0.897 bits per heavy atom. The predicted octanol–water partition coefficient (Wildman–Crippen LogP) is 5.98. The second-order valence-electron chi connectivity index (χ2n) is 8.95. The highest BCUT2D eigenvalue weighted by atomic mass is 79.9. The maximum Gasteiger partial charge on any atom is 0.271 e. The first-order valence-electron chi connectivity index (χ1n) is 9.11. The molecular formula is C22H26Br2N2O3. The molecule has 0 fully saturated rings. The van der Waals surface area contributed by atoms with Gasteiger partial charge in [0.15, 0.2) is 0 Å². The van der Waals surface area contributed by atoms with Gasteiger partial charge in [0.25, 0.3) is 5.91 Å². The molecule has 0 unspecified atom stereocenters. The highest BCUT2D eigenvalue weighted by Gasteiger charge is 2.26. The SMILES string of the molecule is CC(C)(C)c1cc(/C=N\NC(=O)c2cc(Br)c(O)c(Br)c2)cc(C(C)(C)C)c1O. The summed E-state index contributed by atoms with van der Waals surface area (Å²) in [7, 11) is 0. The fraction of sp³-hybridized carbons (Fsp3) is 0.364. The highest BCUT2D eigenvalue weighted by Crippen LogP contribution is 2.39. The summed E-state index contributed by atoms with van der Waals surface area (Å²) in [5, 5.41) is 24.6. The second kappa shape index (κ2) is 8.48. The molecular weight excluding hydrogens is 500 g/mol. The Bertz CT molecular complexity index is 913. The number of nitrogens with zero attached hydrogens (tertiary/aromatic N) is 1. The quantitative estimate of drug-likeness (QED) is 0.340. The number of phenols is 2. The first-order valence-corrected chi connectivity index (χ1v) is 10.7. The van der Waals surface area contributed by atoms with Crippen molar-refractivity contribution in [3.05, 3.63) is 55.5 Å². The van der Waals surface area contributed by atoms with E-state index in [1.165, 1.54) is 12.1 Å². The third-order valence-corrected chi connectivity index (χ3v) is 5.62. The second-order valence-corrected chi connectivity index (χ2v) is 10.7. The molecule has 0 aliphatic heterocycles. The molecule has 0 bridgehead atoms. The van der Waals surface area contributed by atoms with E-state index < -0.39 is 5.91 Å². The number of carbonyl (C=O) groups excluding carboxylic acids is 1. The smallest absolute Gasteiger partial charge is 0.271 e. The van der Waals surface area contributed by atoms with Crippen molar-refractivity contribution in [2.45, 2.75) is 52.4 Å². The lowest BCUT2D eigenvalue weighted by Gasteiger charge is -2.27. The largest absolute Gasteiger partial charge is 0.507 e. The number of aromatic hydroxyl groups is 2. The molecule has 0 aliphatic rings. The van der Waals surface area contributed by atoms with E-state index in [9.17, 15) is 15.0 Å². The van der Waals surface area contributed by atoms with Gasteiger partial charge in [-0.15, -0.1) is 0 Å². The van der Waals surface area contributed by atoms with Crippen LogP contribution in [-0.2, 0) is 10.8 Å². The molecule has 7 heteroatoms. The van der Waals surface area contributed by atoms with Crippen molar-refractivity contribution in [3.63, 3.8) is 0 Å². The van der Waals surface area contributed by atoms with Crippen LogP contribution in [0.3, 0.4) is 0 Å². The van der Waals surface area contributed by atoms with Crippen LogP contribution in [0.5, 0.6) is 11.5 Å². The van der Waals surface area contributed by atoms with Crippen LogP contribution in [0.25, 0.3) is 0 Å². The van der Waals surface area contributed by atoms with E-state index in [-0.39, 0.29) is 16.6 Å². The minimum Gasteiger partial charge on any atom is -0.507 e. The lowest BCUT2D eigenvalue weighted by Crippen LogP contribution is -2.19. The number of hydrazone groups is 1. The van der Waals surface area contributed by atoms with Gasteiger partial charge in [-0.1, -0.05) is 41.5 Å². The molecule has 0 saturated heterocycles. The molecule has 0 aliphatic carbocycles. The Hall–Kier alpha value is -1.86. The Kier molecular flexibility index (Phi) is 6.85. The standard InChI is InChI=1S/C22H26Br2N2O3/c1-21(2,3)14-7-12(8-15(18(14)27)22(4,5)6)11-25-26-20(29)13-9-16(23)19(28)17(24)10-13/h7-11,27-28H,1-6H3,(H,26,29)/b25-11-. The Labute approximate surface area is 188 Å². The van der Waals surface area contributed by atoms with Crippen molar-refractivity contribution < 1.29 is 15.0 Å². The molecule has 2 aromatic carbocycles. The molecule has 2 aromatic rings. The summed E-state index contributed by atoms with van der Waals surface area (Å²) in [5.74, 6) is -0.0861. The molecule has 1 amide bonds. The van der Waals surface area contributed by atoms with Crippen LogP contribution in [0.4, 0.5) is 0 Å². The molecule has 2 rings (SSSR count). The summed E-state index contributed by atoms with van der Waals surface area (Å²) in [6, 6.07) is 6.80. The van der Waals surface area contributed by atoms with Crippen molar-refractivity contribution in [1.82, 2.24) is 5.43 Å². The average molecular weight is 526 g/mol. The van der Waals surface area contributed by atoms with Gasteiger partial charge in [-0.3, -0.25) is 4.79 Å². The van der Waals surface area contributed by atoms with Gasteiger partial charge >= 0.3 is 0 Å². The summed E-state index contributed by atoms with van der Waals surface area (Å²) in [6.07, 6.45) is 1.56. The number of hydrogen-bond donors (Lipinski definition) is 3. The summed E-state index contributed by atoms with van der Waals surface area (Å²) in [4.78, 5) is 12.4. The zero-order chi connectivity index (χ0) is 22.1. The topological polar surface area (TPSA) is 81.9 Å². The van der Waals surface area contributed by atoms with E-state index in [0.29, 0.717) is 20.3 Å². The van der Waals surface area contributed by atoms with Crippen molar-refractivity contribution in [1.29, 1.82) is 0 Å². The van der Waals surface area contributed by atoms with E-state index in [1.54, 1.807) is 6.21 Å². The molecule has 0 atom stereocenters. The third kappa shape index (κ3) is 5.60. The number of nitrogens with one attached hydrogen (secondary N) is 1. The number of benzene rings is 2. The lowest BCUT2D eigenvalue weighted by molar-refractivity contribution is 0.0955. The van der Waals surface area contributed by atoms with Gasteiger partial charge in [0.1, 0.15) is 11.5 Å². The van der Waals surface area contributed by atoms with E-state index in [0.717, 1.165) is 16.7 Å². The van der Waals surface area contributed by atoms with Crippen molar-refractivity contribution in [3.8, 4) is 11.5 Å². The highest BCUT2D eigenvalue weighted by molar-refractivity contribution is 9.11. The van der Waals surface area contributed by atoms with E-state index >= 15 is 0 Å². The Balaban J connectivity index is 2.34. The van der Waals surface area contributed by atoms with Crippen LogP contribution in [-0.4, -0.2) is 22.3 Å². The summed E-state index contributed by atoms with van der Waals surface area (Å²) in [6.45, 7) is 12.2. The number of rotatable bonds is 3. The zero-order valence-corrected chi connectivity index (χ0v) is 20.6. The van der Waals surface area contributed by atoms with Gasteiger partial charge in [-0.25, -0.2) is 5.43 Å². The van der Waals surface area contributed by atoms with Gasteiger partial charge in [0.2, 0.25) is 0 Å². The van der Waals surface area contributed by atoms with Crippen molar-refractivity contribution in [2.75, 3.05) is 0 Å². The molecule has 0 spiro atoms. The Morgan fingerprint density at radius 3 is 1.76 bits per heavy atom. The van der Waals surface area contributed by atoms with Crippen molar-refractivity contribution in [2.24, 2.45) is 5.10 Å². The summed E-state index contributed by atoms with van der Waals surface area (Å²) < 4.78 is 0.813. The number of phenolic OH excluding ortho intramolecular Hbond substituents is 2. The van der Waals surface area contributed by atoms with Crippen LogP contribution in [0.15, 0.2) is 38.3 Å². The first-order chi connectivity index (χ1) is 13.2. The number of hydrogen-bond acceptors (Lipinski definition) is 4. The molecule has 3 N–H and O–H groups in total. The van der Waals surface area contributed by atoms with Crippen LogP contribution in [0.2, 0.25) is 0 Å². The summed E-state index contributed by atoms with van der Waals surface area (Å²) in [5.41, 5.74) is 4.77. The molecule has 0 aromatic heterocycles. The van der Waals surface area contributed by atoms with Gasteiger partial charge < -0.3 is 10.2 Å². The number of carbonyl (C=O) groups is 1. The van der Waals surface area contributed by atoms with Crippen LogP contribution < -0.4 is 5.43 Å². The van der Waals surface area contributed by atoms with Gasteiger partial charge in [-0.2, -0.15) is 5.10 Å². The minimum atomic E-state index is -0.409. The molecule has 0 heterocycles. The number of halogens is 2. The first kappa shape index (κ1) is 23.4. The Morgan fingerprint density at radius 2 is 1.34 bits per heavy atom. The fourth-order valence-electron chi connectivity index (χ4n) is 2.80. The number of amides is 1. The van der Waals surface area contributed by atoms with E-state index in [4.69, 9.17) is 0 Å². The molecule has 5 nitrogen and oxygen atoms in total. The molecule has 29 heavy (non-hydrogen) atoms. The normalized spacial score (nSPS) is 12.4.